The van der Waals surface area contributed by atoms with E-state index in [1.165, 1.54) is 7.11 Å². The van der Waals surface area contributed by atoms with Gasteiger partial charge in [0, 0.05) is 12.5 Å². The molecule has 0 saturated heterocycles. The first-order valence-electron chi connectivity index (χ1n) is 10.9. The van der Waals surface area contributed by atoms with E-state index in [1.807, 2.05) is 0 Å². The number of carbonyl (C=O) groups excluding carboxylic acids is 1. The van der Waals surface area contributed by atoms with Gasteiger partial charge in [0.05, 0.1) is 17.9 Å². The summed E-state index contributed by atoms with van der Waals surface area (Å²) in [7, 11) is -2.71. The molecule has 2 aromatic carbocycles. The molecular formula is C24H29F4NO4S. The molecule has 10 heteroatoms. The van der Waals surface area contributed by atoms with Crippen LogP contribution < -0.4 is 4.72 Å². The summed E-state index contributed by atoms with van der Waals surface area (Å²) in [6.45, 7) is 1.10. The lowest BCUT2D eigenvalue weighted by Gasteiger charge is -2.21. The Morgan fingerprint density at radius 2 is 1.62 bits per heavy atom. The largest absolute Gasteiger partial charge is 0.469 e. The van der Waals surface area contributed by atoms with Gasteiger partial charge in [-0.05, 0) is 61.1 Å². The van der Waals surface area contributed by atoms with Crippen molar-refractivity contribution in [3.63, 3.8) is 0 Å². The molecule has 0 bridgehead atoms. The first-order valence-corrected chi connectivity index (χ1v) is 12.4. The van der Waals surface area contributed by atoms with Gasteiger partial charge in [-0.3, -0.25) is 4.79 Å². The summed E-state index contributed by atoms with van der Waals surface area (Å²) in [5, 5.41) is 0. The van der Waals surface area contributed by atoms with Crippen molar-refractivity contribution in [1.82, 2.24) is 4.72 Å². The number of nitrogens with one attached hydrogen (secondary N) is 1. The molecule has 0 aromatic heterocycles. The number of aryl methyl sites for hydroxylation is 1. The number of alkyl halides is 3. The Hall–Kier alpha value is -2.46. The van der Waals surface area contributed by atoms with E-state index in [-0.39, 0.29) is 36.5 Å². The third-order valence-corrected chi connectivity index (χ3v) is 7.05. The summed E-state index contributed by atoms with van der Waals surface area (Å²) in [5.74, 6) is -2.39. The molecular weight excluding hydrogens is 474 g/mol. The Bertz CT molecular complexity index is 1020. The molecule has 5 nitrogen and oxygen atoms in total. The van der Waals surface area contributed by atoms with E-state index in [2.05, 4.69) is 9.46 Å². The van der Waals surface area contributed by atoms with Crippen molar-refractivity contribution < 1.29 is 35.5 Å². The standard InChI is InChI=1S/C24H29F4NO4S/c1-17(24(26,27)28)5-3-7-22(29-34(31,32)21-15-13-20(25)14-16-21)19-11-9-18(10-12-19)6-4-8-23(30)33-2/h9-17,22,29H,3-8H2,1-2H3. The number of carbonyl (C=O) groups is 1. The second-order valence-electron chi connectivity index (χ2n) is 8.17. The van der Waals surface area contributed by atoms with Crippen molar-refractivity contribution in [2.24, 2.45) is 5.92 Å². The van der Waals surface area contributed by atoms with Crippen molar-refractivity contribution in [2.45, 2.75) is 62.6 Å². The Kier molecular flexibility index (Phi) is 10.1. The highest BCUT2D eigenvalue weighted by Crippen LogP contribution is 2.31. The Morgan fingerprint density at radius 1 is 1.00 bits per heavy atom. The van der Waals surface area contributed by atoms with E-state index < -0.39 is 34.0 Å². The maximum atomic E-state index is 13.2. The highest BCUT2D eigenvalue weighted by molar-refractivity contribution is 7.89. The van der Waals surface area contributed by atoms with Gasteiger partial charge >= 0.3 is 12.1 Å². The minimum atomic E-state index is -4.31. The molecule has 2 aromatic rings. The van der Waals surface area contributed by atoms with Crippen molar-refractivity contribution in [3.05, 3.63) is 65.5 Å². The van der Waals surface area contributed by atoms with E-state index in [0.717, 1.165) is 36.8 Å². The lowest BCUT2D eigenvalue weighted by Crippen LogP contribution is -2.29. The molecule has 188 valence electrons. The van der Waals surface area contributed by atoms with Crippen LogP contribution in [0.3, 0.4) is 0 Å². The van der Waals surface area contributed by atoms with E-state index in [9.17, 15) is 30.8 Å². The number of hydrogen-bond acceptors (Lipinski definition) is 4. The Labute approximate surface area is 197 Å². The summed E-state index contributed by atoms with van der Waals surface area (Å²) in [6.07, 6.45) is -2.66. The van der Waals surface area contributed by atoms with E-state index in [1.54, 1.807) is 24.3 Å². The average Bonchev–Trinajstić information content (AvgIpc) is 2.78. The number of esters is 1. The van der Waals surface area contributed by atoms with Gasteiger partial charge in [0.2, 0.25) is 10.0 Å². The van der Waals surface area contributed by atoms with E-state index in [4.69, 9.17) is 0 Å². The third-order valence-electron chi connectivity index (χ3n) is 5.57. The zero-order chi connectivity index (χ0) is 25.4. The fourth-order valence-corrected chi connectivity index (χ4v) is 4.67. The number of rotatable bonds is 12. The minimum absolute atomic E-state index is 0.135. The normalized spacial score (nSPS) is 13.9. The van der Waals surface area contributed by atoms with Crippen molar-refractivity contribution in [1.29, 1.82) is 0 Å². The highest BCUT2D eigenvalue weighted by Gasteiger charge is 2.35. The first kappa shape index (κ1) is 27.8. The summed E-state index contributed by atoms with van der Waals surface area (Å²) >= 11 is 0. The van der Waals surface area contributed by atoms with Gasteiger partial charge in [0.15, 0.2) is 0 Å². The quantitative estimate of drug-likeness (QED) is 0.298. The molecule has 0 amide bonds. The van der Waals surface area contributed by atoms with Crippen LogP contribution in [0.2, 0.25) is 0 Å². The van der Waals surface area contributed by atoms with Gasteiger partial charge < -0.3 is 4.74 Å². The Balaban J connectivity index is 2.15. The van der Waals surface area contributed by atoms with Crippen LogP contribution in [0.25, 0.3) is 0 Å². The van der Waals surface area contributed by atoms with Crippen LogP contribution in [0, 0.1) is 11.7 Å². The number of benzene rings is 2. The summed E-state index contributed by atoms with van der Waals surface area (Å²) in [6, 6.07) is 10.6. The van der Waals surface area contributed by atoms with Crippen LogP contribution >= 0.6 is 0 Å². The molecule has 0 heterocycles. The number of ether oxygens (including phenoxy) is 1. The monoisotopic (exact) mass is 503 g/mol. The molecule has 34 heavy (non-hydrogen) atoms. The van der Waals surface area contributed by atoms with Gasteiger partial charge in [0.1, 0.15) is 5.82 Å². The van der Waals surface area contributed by atoms with Crippen molar-refractivity contribution in [3.8, 4) is 0 Å². The zero-order valence-corrected chi connectivity index (χ0v) is 19.9. The third kappa shape index (κ3) is 8.72. The maximum Gasteiger partial charge on any atom is 0.391 e. The molecule has 0 aliphatic heterocycles. The molecule has 0 radical (unpaired) electrons. The second-order valence-corrected chi connectivity index (χ2v) is 9.89. The number of methoxy groups -OCH3 is 1. The predicted octanol–water partition coefficient (Wildman–Crippen LogP) is 5.71. The molecule has 2 rings (SSSR count). The molecule has 0 fully saturated rings. The van der Waals surface area contributed by atoms with Crippen LogP contribution in [0.5, 0.6) is 0 Å². The van der Waals surface area contributed by atoms with Gasteiger partial charge in [-0.25, -0.2) is 17.5 Å². The van der Waals surface area contributed by atoms with Crippen LogP contribution in [0.4, 0.5) is 17.6 Å². The summed E-state index contributed by atoms with van der Waals surface area (Å²) < 4.78 is 84.6. The SMILES string of the molecule is COC(=O)CCCc1ccc(C(CCCC(C)C(F)(F)F)NS(=O)(=O)c2ccc(F)cc2)cc1. The smallest absolute Gasteiger partial charge is 0.391 e. The van der Waals surface area contributed by atoms with Crippen LogP contribution in [0.15, 0.2) is 53.4 Å². The zero-order valence-electron chi connectivity index (χ0n) is 19.1. The molecule has 0 spiro atoms. The van der Waals surface area contributed by atoms with Crippen molar-refractivity contribution in [2.75, 3.05) is 7.11 Å². The van der Waals surface area contributed by atoms with E-state index >= 15 is 0 Å². The molecule has 1 N–H and O–H groups in total. The van der Waals surface area contributed by atoms with Crippen LogP contribution in [-0.4, -0.2) is 27.7 Å². The van der Waals surface area contributed by atoms with Gasteiger partial charge in [0.25, 0.3) is 0 Å². The fraction of sp³-hybridized carbons (Fsp3) is 0.458. The van der Waals surface area contributed by atoms with Crippen molar-refractivity contribution >= 4 is 16.0 Å². The summed E-state index contributed by atoms with van der Waals surface area (Å²) in [5.41, 5.74) is 1.53. The maximum absolute atomic E-state index is 13.2. The first-order chi connectivity index (χ1) is 15.9. The van der Waals surface area contributed by atoms with Crippen LogP contribution in [0.1, 0.15) is 56.2 Å². The fourth-order valence-electron chi connectivity index (χ4n) is 3.41. The lowest BCUT2D eigenvalue weighted by molar-refractivity contribution is -0.171. The molecule has 2 unspecified atom stereocenters. The molecule has 0 aliphatic rings. The predicted molar refractivity (Wildman–Crippen MR) is 120 cm³/mol. The average molecular weight is 504 g/mol. The van der Waals surface area contributed by atoms with E-state index in [0.29, 0.717) is 18.4 Å². The minimum Gasteiger partial charge on any atom is -0.469 e. The number of hydrogen-bond donors (Lipinski definition) is 1. The number of sulfonamides is 1. The second kappa shape index (κ2) is 12.3. The number of halogens is 4. The molecule has 0 aliphatic carbocycles. The summed E-state index contributed by atoms with van der Waals surface area (Å²) in [4.78, 5) is 11.1. The van der Waals surface area contributed by atoms with Gasteiger partial charge in [-0.15, -0.1) is 0 Å². The molecule has 2 atom stereocenters. The molecule has 0 saturated carbocycles. The van der Waals surface area contributed by atoms with Gasteiger partial charge in [-0.2, -0.15) is 13.2 Å². The van der Waals surface area contributed by atoms with Gasteiger partial charge in [-0.1, -0.05) is 37.6 Å². The van der Waals surface area contributed by atoms with Crippen LogP contribution in [-0.2, 0) is 26.0 Å². The Morgan fingerprint density at radius 3 is 2.18 bits per heavy atom. The highest BCUT2D eigenvalue weighted by atomic mass is 32.2. The lowest BCUT2D eigenvalue weighted by atomic mass is 9.96. The topological polar surface area (TPSA) is 72.5 Å².